The summed E-state index contributed by atoms with van der Waals surface area (Å²) in [6.45, 7) is 23.9. The highest BCUT2D eigenvalue weighted by Gasteiger charge is 2.53. The molecule has 5 rings (SSSR count). The molecule has 0 aromatic heterocycles. The van der Waals surface area contributed by atoms with E-state index in [0.717, 1.165) is 6.42 Å². The van der Waals surface area contributed by atoms with Crippen LogP contribution < -0.4 is 4.90 Å². The van der Waals surface area contributed by atoms with E-state index in [2.05, 4.69) is 135 Å². The minimum Gasteiger partial charge on any atom is -0.353 e. The number of rotatable bonds is 4. The van der Waals surface area contributed by atoms with Gasteiger partial charge in [0.2, 0.25) is 0 Å². The molecule has 1 aliphatic heterocycles. The first-order valence-corrected chi connectivity index (χ1v) is 13.8. The van der Waals surface area contributed by atoms with Crippen molar-refractivity contribution in [2.24, 2.45) is 5.41 Å². The van der Waals surface area contributed by atoms with Crippen molar-refractivity contribution >= 4 is 5.69 Å². The van der Waals surface area contributed by atoms with Gasteiger partial charge in [0.05, 0.1) is 6.04 Å². The van der Waals surface area contributed by atoms with Gasteiger partial charge in [0.15, 0.2) is 0 Å². The summed E-state index contributed by atoms with van der Waals surface area (Å²) in [7, 11) is 0. The lowest BCUT2D eigenvalue weighted by Crippen LogP contribution is -2.42. The minimum absolute atomic E-state index is 0.0175. The molecule has 2 aliphatic rings. The average molecular weight is 479 g/mol. The molecule has 0 N–H and O–H groups in total. The number of hydrogen-bond acceptors (Lipinski definition) is 1. The third-order valence-electron chi connectivity index (χ3n) is 8.77. The molecule has 0 unspecified atom stereocenters. The van der Waals surface area contributed by atoms with Gasteiger partial charge in [0.1, 0.15) is 0 Å². The van der Waals surface area contributed by atoms with Crippen LogP contribution in [0.4, 0.5) is 5.69 Å². The van der Waals surface area contributed by atoms with Crippen molar-refractivity contribution in [2.45, 2.75) is 98.4 Å². The van der Waals surface area contributed by atoms with E-state index >= 15 is 0 Å². The Hall–Kier alpha value is -2.54. The zero-order valence-electron chi connectivity index (χ0n) is 24.1. The maximum atomic E-state index is 2.74. The SMILES string of the molecule is CC(C)c1cccc(C(C)C)c1N1[C](c2ccc3c(c2)-c2ccccc2C3(C)C)C(C)(C)CC1(C)C. The average Bonchev–Trinajstić information content (AvgIpc) is 3.14. The number of hydrogen-bond donors (Lipinski definition) is 0. The van der Waals surface area contributed by atoms with Gasteiger partial charge in [-0.3, -0.25) is 0 Å². The van der Waals surface area contributed by atoms with Gasteiger partial charge in [-0.25, -0.2) is 0 Å². The van der Waals surface area contributed by atoms with Crippen LogP contribution in [0.3, 0.4) is 0 Å². The third-order valence-corrected chi connectivity index (χ3v) is 8.77. The number of fused-ring (bicyclic) bond motifs is 3. The molecule has 0 bridgehead atoms. The van der Waals surface area contributed by atoms with Gasteiger partial charge in [-0.1, -0.05) is 110 Å². The fourth-order valence-electron chi connectivity index (χ4n) is 7.42. The van der Waals surface area contributed by atoms with Gasteiger partial charge < -0.3 is 4.90 Å². The largest absolute Gasteiger partial charge is 0.353 e. The minimum atomic E-state index is 0.0175. The molecule has 3 aromatic rings. The zero-order valence-corrected chi connectivity index (χ0v) is 24.1. The Kier molecular flexibility index (Phi) is 5.75. The maximum absolute atomic E-state index is 2.74. The molecular weight excluding hydrogens is 434 g/mol. The van der Waals surface area contributed by atoms with Gasteiger partial charge >= 0.3 is 0 Å². The lowest BCUT2D eigenvalue weighted by molar-refractivity contribution is 0.376. The normalized spacial score (nSPS) is 19.7. The van der Waals surface area contributed by atoms with Gasteiger partial charge in [-0.15, -0.1) is 0 Å². The monoisotopic (exact) mass is 478 g/mol. The molecule has 3 aromatic carbocycles. The van der Waals surface area contributed by atoms with E-state index in [-0.39, 0.29) is 16.4 Å². The quantitative estimate of drug-likeness (QED) is 0.360. The molecule has 1 radical (unpaired) electrons. The molecule has 0 spiro atoms. The molecule has 1 nitrogen and oxygen atoms in total. The standard InChI is InChI=1S/C35H44N/c1-22(2)25-15-13-16-26(23(3)4)31(25)36-32(33(5,6)21-34(36,7)8)24-18-19-30-28(20-24)27-14-11-12-17-29(27)35(30,9)10/h11-20,22-23H,21H2,1-10H3. The summed E-state index contributed by atoms with van der Waals surface area (Å²) >= 11 is 0. The molecule has 0 amide bonds. The predicted octanol–water partition coefficient (Wildman–Crippen LogP) is 9.83. The van der Waals surface area contributed by atoms with Crippen LogP contribution in [0.2, 0.25) is 0 Å². The fourth-order valence-corrected chi connectivity index (χ4v) is 7.42. The molecular formula is C35H44N. The maximum Gasteiger partial charge on any atom is 0.0989 e. The summed E-state index contributed by atoms with van der Waals surface area (Å²) in [5.74, 6) is 0.930. The Labute approximate surface area is 219 Å². The van der Waals surface area contributed by atoms with Crippen LogP contribution in [0.5, 0.6) is 0 Å². The lowest BCUT2D eigenvalue weighted by atomic mass is 9.77. The first-order chi connectivity index (χ1) is 16.8. The van der Waals surface area contributed by atoms with Gasteiger partial charge in [-0.05, 0) is 82.5 Å². The molecule has 0 atom stereocenters. The van der Waals surface area contributed by atoms with Gasteiger partial charge in [0, 0.05) is 16.6 Å². The second-order valence-electron chi connectivity index (χ2n) is 13.6. The summed E-state index contributed by atoms with van der Waals surface area (Å²) in [5.41, 5.74) is 11.5. The number of para-hydroxylation sites is 1. The molecule has 1 heterocycles. The topological polar surface area (TPSA) is 3.24 Å². The Bertz CT molecular complexity index is 1280. The number of nitrogens with zero attached hydrogens (tertiary/aromatic N) is 1. The molecule has 36 heavy (non-hydrogen) atoms. The molecule has 1 heteroatoms. The van der Waals surface area contributed by atoms with Crippen LogP contribution in [0.25, 0.3) is 11.1 Å². The van der Waals surface area contributed by atoms with Crippen LogP contribution in [0, 0.1) is 11.5 Å². The van der Waals surface area contributed by atoms with Crippen LogP contribution in [0.15, 0.2) is 60.7 Å². The van der Waals surface area contributed by atoms with E-state index < -0.39 is 0 Å². The van der Waals surface area contributed by atoms with Crippen molar-refractivity contribution in [3.8, 4) is 11.1 Å². The Morgan fingerprint density at radius 1 is 0.667 bits per heavy atom. The lowest BCUT2D eigenvalue weighted by Gasteiger charge is -2.42. The van der Waals surface area contributed by atoms with Crippen LogP contribution >= 0.6 is 0 Å². The highest BCUT2D eigenvalue weighted by molar-refractivity contribution is 5.82. The highest BCUT2D eigenvalue weighted by Crippen LogP contribution is 2.58. The van der Waals surface area contributed by atoms with E-state index in [9.17, 15) is 0 Å². The van der Waals surface area contributed by atoms with E-state index in [4.69, 9.17) is 0 Å². The fraction of sp³-hybridized carbons (Fsp3) is 0.457. The predicted molar refractivity (Wildman–Crippen MR) is 156 cm³/mol. The second-order valence-corrected chi connectivity index (χ2v) is 13.6. The van der Waals surface area contributed by atoms with E-state index in [1.807, 2.05) is 0 Å². The molecule has 1 saturated heterocycles. The van der Waals surface area contributed by atoms with Crippen molar-refractivity contribution in [1.29, 1.82) is 0 Å². The van der Waals surface area contributed by atoms with Crippen LogP contribution in [0.1, 0.15) is 115 Å². The van der Waals surface area contributed by atoms with Crippen molar-refractivity contribution in [2.75, 3.05) is 4.90 Å². The summed E-state index contributed by atoms with van der Waals surface area (Å²) in [5, 5.41) is 0. The summed E-state index contributed by atoms with van der Waals surface area (Å²) < 4.78 is 0. The van der Waals surface area contributed by atoms with Crippen molar-refractivity contribution in [3.63, 3.8) is 0 Å². The van der Waals surface area contributed by atoms with Crippen molar-refractivity contribution in [3.05, 3.63) is 94.5 Å². The number of anilines is 1. The third kappa shape index (κ3) is 3.65. The second kappa shape index (κ2) is 8.23. The summed E-state index contributed by atoms with van der Waals surface area (Å²) in [6, 6.07) is 24.7. The van der Waals surface area contributed by atoms with Crippen molar-refractivity contribution < 1.29 is 0 Å². The Morgan fingerprint density at radius 3 is 1.86 bits per heavy atom. The Balaban J connectivity index is 1.75. The van der Waals surface area contributed by atoms with Crippen molar-refractivity contribution in [1.82, 2.24) is 0 Å². The molecule has 0 saturated carbocycles. The van der Waals surface area contributed by atoms with E-state index in [1.54, 1.807) is 0 Å². The highest BCUT2D eigenvalue weighted by atomic mass is 15.3. The van der Waals surface area contributed by atoms with E-state index in [1.165, 1.54) is 50.7 Å². The molecule has 189 valence electrons. The first-order valence-electron chi connectivity index (χ1n) is 13.8. The molecule has 1 aliphatic carbocycles. The Morgan fingerprint density at radius 2 is 1.25 bits per heavy atom. The zero-order chi connectivity index (χ0) is 26.2. The molecule has 1 fully saturated rings. The van der Waals surface area contributed by atoms with Gasteiger partial charge in [0.25, 0.3) is 0 Å². The van der Waals surface area contributed by atoms with Gasteiger partial charge in [-0.2, -0.15) is 0 Å². The van der Waals surface area contributed by atoms with Crippen LogP contribution in [-0.2, 0) is 5.41 Å². The first kappa shape index (κ1) is 25.1. The summed E-state index contributed by atoms with van der Waals surface area (Å²) in [6.07, 6.45) is 1.12. The number of benzene rings is 3. The van der Waals surface area contributed by atoms with Crippen LogP contribution in [-0.4, -0.2) is 5.54 Å². The summed E-state index contributed by atoms with van der Waals surface area (Å²) in [4.78, 5) is 2.74. The van der Waals surface area contributed by atoms with E-state index in [0.29, 0.717) is 11.8 Å². The smallest absolute Gasteiger partial charge is 0.0989 e.